The van der Waals surface area contributed by atoms with Crippen molar-refractivity contribution in [3.8, 4) is 0 Å². The molecule has 0 aliphatic heterocycles. The molecule has 0 saturated heterocycles. The second-order valence-electron chi connectivity index (χ2n) is 4.85. The molecule has 3 unspecified atom stereocenters. The molecule has 1 amide bonds. The number of carbonyl (C=O) groups is 1. The number of rotatable bonds is 4. The van der Waals surface area contributed by atoms with E-state index in [4.69, 9.17) is 5.73 Å². The van der Waals surface area contributed by atoms with Gasteiger partial charge in [-0.25, -0.2) is 0 Å². The average Bonchev–Trinajstić information content (AvgIpc) is 2.98. The zero-order chi connectivity index (χ0) is 10.8. The first-order valence-corrected chi connectivity index (χ1v) is 5.90. The third kappa shape index (κ3) is 2.69. The molecule has 2 rings (SSSR count). The highest BCUT2D eigenvalue weighted by atomic mass is 16.3. The summed E-state index contributed by atoms with van der Waals surface area (Å²) in [5.41, 5.74) is 5.84. The topological polar surface area (TPSA) is 75.4 Å². The van der Waals surface area contributed by atoms with Gasteiger partial charge in [0.2, 0.25) is 5.91 Å². The number of aliphatic hydroxyl groups excluding tert-OH is 1. The van der Waals surface area contributed by atoms with Gasteiger partial charge in [-0.2, -0.15) is 0 Å². The lowest BCUT2D eigenvalue weighted by Gasteiger charge is -2.17. The number of hydrogen-bond acceptors (Lipinski definition) is 3. The summed E-state index contributed by atoms with van der Waals surface area (Å²) in [6.45, 7) is 0.396. The smallest absolute Gasteiger partial charge is 0.224 e. The average molecular weight is 212 g/mol. The van der Waals surface area contributed by atoms with Crippen LogP contribution in [0.15, 0.2) is 0 Å². The second-order valence-corrected chi connectivity index (χ2v) is 4.85. The summed E-state index contributed by atoms with van der Waals surface area (Å²) in [5.74, 6) is 0.415. The van der Waals surface area contributed by atoms with E-state index < -0.39 is 0 Å². The third-order valence-electron chi connectivity index (χ3n) is 3.56. The molecule has 4 heteroatoms. The van der Waals surface area contributed by atoms with E-state index >= 15 is 0 Å². The number of amides is 1. The Bertz CT molecular complexity index is 241. The van der Waals surface area contributed by atoms with Crippen molar-refractivity contribution in [3.63, 3.8) is 0 Å². The van der Waals surface area contributed by atoms with Gasteiger partial charge in [0.15, 0.2) is 0 Å². The monoisotopic (exact) mass is 212 g/mol. The Balaban J connectivity index is 1.71. The zero-order valence-corrected chi connectivity index (χ0v) is 8.98. The van der Waals surface area contributed by atoms with Gasteiger partial charge in [-0.15, -0.1) is 0 Å². The fourth-order valence-electron chi connectivity index (χ4n) is 2.30. The van der Waals surface area contributed by atoms with E-state index in [2.05, 4.69) is 5.32 Å². The highest BCUT2D eigenvalue weighted by Gasteiger charge is 2.33. The van der Waals surface area contributed by atoms with Gasteiger partial charge in [0.1, 0.15) is 0 Å². The summed E-state index contributed by atoms with van der Waals surface area (Å²) in [7, 11) is 0. The molecular weight excluding hydrogens is 192 g/mol. The molecule has 2 aliphatic carbocycles. The summed E-state index contributed by atoms with van der Waals surface area (Å²) in [6.07, 6.45) is 4.73. The Kier molecular flexibility index (Phi) is 3.26. The summed E-state index contributed by atoms with van der Waals surface area (Å²) >= 11 is 0. The minimum atomic E-state index is -0.355. The molecular formula is C11H20N2O2. The summed E-state index contributed by atoms with van der Waals surface area (Å²) in [6, 6.07) is 0.0167. The molecule has 2 saturated carbocycles. The molecule has 0 radical (unpaired) electrons. The lowest BCUT2D eigenvalue weighted by molar-refractivity contribution is -0.125. The van der Waals surface area contributed by atoms with Crippen LogP contribution < -0.4 is 11.1 Å². The Labute approximate surface area is 90.2 Å². The molecule has 15 heavy (non-hydrogen) atoms. The van der Waals surface area contributed by atoms with E-state index in [9.17, 15) is 9.90 Å². The Morgan fingerprint density at radius 3 is 2.67 bits per heavy atom. The van der Waals surface area contributed by atoms with Crippen molar-refractivity contribution >= 4 is 5.91 Å². The molecule has 2 aliphatic rings. The molecule has 0 aromatic rings. The second kappa shape index (κ2) is 4.49. The van der Waals surface area contributed by atoms with Gasteiger partial charge in [-0.3, -0.25) is 4.79 Å². The molecule has 2 fully saturated rings. The highest BCUT2D eigenvalue weighted by Crippen LogP contribution is 2.32. The molecule has 3 atom stereocenters. The fraction of sp³-hybridized carbons (Fsp3) is 0.909. The quantitative estimate of drug-likeness (QED) is 0.614. The lowest BCUT2D eigenvalue weighted by atomic mass is 10.0. The molecule has 0 bridgehead atoms. The minimum Gasteiger partial charge on any atom is -0.391 e. The van der Waals surface area contributed by atoms with Crippen molar-refractivity contribution < 1.29 is 9.90 Å². The zero-order valence-electron chi connectivity index (χ0n) is 8.98. The summed E-state index contributed by atoms with van der Waals surface area (Å²) < 4.78 is 0. The van der Waals surface area contributed by atoms with Crippen LogP contribution in [-0.4, -0.2) is 29.7 Å². The van der Waals surface area contributed by atoms with Crippen molar-refractivity contribution in [1.29, 1.82) is 0 Å². The normalized spacial score (nSPS) is 32.7. The number of nitrogens with one attached hydrogen (secondary N) is 1. The first-order valence-electron chi connectivity index (χ1n) is 5.90. The van der Waals surface area contributed by atoms with Crippen LogP contribution in [0.4, 0.5) is 0 Å². The number of aliphatic hydroxyl groups is 1. The molecule has 0 heterocycles. The van der Waals surface area contributed by atoms with Gasteiger partial charge in [-0.05, 0) is 31.6 Å². The first kappa shape index (κ1) is 10.9. The number of carbonyl (C=O) groups excluding carboxylic acids is 1. The molecule has 4 nitrogen and oxygen atoms in total. The van der Waals surface area contributed by atoms with Crippen molar-refractivity contribution in [2.45, 2.75) is 44.2 Å². The SMILES string of the molecule is NC1CCCC1C(=O)NCC(O)C1CC1. The van der Waals surface area contributed by atoms with E-state index in [0.29, 0.717) is 12.5 Å². The standard InChI is InChI=1S/C11H20N2O2/c12-9-3-1-2-8(9)11(15)13-6-10(14)7-4-5-7/h7-10,14H,1-6,12H2,(H,13,15). The van der Waals surface area contributed by atoms with Crippen molar-refractivity contribution in [1.82, 2.24) is 5.32 Å². The van der Waals surface area contributed by atoms with Gasteiger partial charge in [0.05, 0.1) is 12.0 Å². The molecule has 86 valence electrons. The van der Waals surface area contributed by atoms with Crippen LogP contribution in [0.3, 0.4) is 0 Å². The molecule has 4 N–H and O–H groups in total. The fourth-order valence-corrected chi connectivity index (χ4v) is 2.30. The number of hydrogen-bond donors (Lipinski definition) is 3. The van der Waals surface area contributed by atoms with Crippen LogP contribution in [-0.2, 0) is 4.79 Å². The highest BCUT2D eigenvalue weighted by molar-refractivity contribution is 5.79. The van der Waals surface area contributed by atoms with Crippen molar-refractivity contribution in [3.05, 3.63) is 0 Å². The van der Waals surface area contributed by atoms with Gasteiger partial charge in [0, 0.05) is 12.6 Å². The lowest BCUT2D eigenvalue weighted by Crippen LogP contribution is -2.41. The van der Waals surface area contributed by atoms with Gasteiger partial charge in [0.25, 0.3) is 0 Å². The third-order valence-corrected chi connectivity index (χ3v) is 3.56. The molecule has 0 aromatic carbocycles. The maximum atomic E-state index is 11.7. The van der Waals surface area contributed by atoms with E-state index in [-0.39, 0.29) is 24.0 Å². The van der Waals surface area contributed by atoms with E-state index in [1.807, 2.05) is 0 Å². The Morgan fingerprint density at radius 1 is 1.40 bits per heavy atom. The molecule has 0 aromatic heterocycles. The Morgan fingerprint density at radius 2 is 2.13 bits per heavy atom. The predicted molar refractivity (Wildman–Crippen MR) is 57.1 cm³/mol. The molecule has 0 spiro atoms. The summed E-state index contributed by atoms with van der Waals surface area (Å²) in [5, 5.41) is 12.4. The largest absolute Gasteiger partial charge is 0.391 e. The van der Waals surface area contributed by atoms with Crippen LogP contribution in [0.5, 0.6) is 0 Å². The van der Waals surface area contributed by atoms with Gasteiger partial charge in [-0.1, -0.05) is 6.42 Å². The van der Waals surface area contributed by atoms with Crippen LogP contribution in [0.25, 0.3) is 0 Å². The number of nitrogens with two attached hydrogens (primary N) is 1. The summed E-state index contributed by atoms with van der Waals surface area (Å²) in [4.78, 5) is 11.7. The first-order chi connectivity index (χ1) is 7.18. The van der Waals surface area contributed by atoms with Crippen LogP contribution in [0, 0.1) is 11.8 Å². The Hall–Kier alpha value is -0.610. The van der Waals surface area contributed by atoms with E-state index in [1.54, 1.807) is 0 Å². The van der Waals surface area contributed by atoms with Crippen LogP contribution >= 0.6 is 0 Å². The predicted octanol–water partition coefficient (Wildman–Crippen LogP) is 0.000900. The van der Waals surface area contributed by atoms with Crippen LogP contribution in [0.2, 0.25) is 0 Å². The van der Waals surface area contributed by atoms with E-state index in [0.717, 1.165) is 32.1 Å². The van der Waals surface area contributed by atoms with Crippen molar-refractivity contribution in [2.75, 3.05) is 6.54 Å². The van der Waals surface area contributed by atoms with Crippen LogP contribution in [0.1, 0.15) is 32.1 Å². The van der Waals surface area contributed by atoms with Crippen molar-refractivity contribution in [2.24, 2.45) is 17.6 Å². The minimum absolute atomic E-state index is 0.0167. The van der Waals surface area contributed by atoms with Gasteiger partial charge >= 0.3 is 0 Å². The van der Waals surface area contributed by atoms with Gasteiger partial charge < -0.3 is 16.2 Å². The van der Waals surface area contributed by atoms with E-state index in [1.165, 1.54) is 0 Å². The maximum Gasteiger partial charge on any atom is 0.224 e. The maximum absolute atomic E-state index is 11.7.